The number of hydrogen-bond donors (Lipinski definition) is 2. The number of hydrogen-bond acceptors (Lipinski definition) is 6. The highest BCUT2D eigenvalue weighted by Crippen LogP contribution is 2.24. The molecule has 7 nitrogen and oxygen atoms in total. The molecule has 4 rings (SSSR count). The number of halogens is 1. The van der Waals surface area contributed by atoms with E-state index in [9.17, 15) is 17.6 Å². The summed E-state index contributed by atoms with van der Waals surface area (Å²) < 4.78 is 40.9. The molecular formula is C22H23FN4O3S2. The van der Waals surface area contributed by atoms with Crippen molar-refractivity contribution in [3.05, 3.63) is 71.5 Å². The van der Waals surface area contributed by atoms with Crippen molar-refractivity contribution in [1.29, 1.82) is 0 Å². The van der Waals surface area contributed by atoms with Gasteiger partial charge in [0.25, 0.3) is 15.9 Å². The molecule has 0 radical (unpaired) electrons. The van der Waals surface area contributed by atoms with E-state index in [4.69, 9.17) is 0 Å². The van der Waals surface area contributed by atoms with Gasteiger partial charge in [0, 0.05) is 42.5 Å². The maximum atomic E-state index is 13.8. The summed E-state index contributed by atoms with van der Waals surface area (Å²) >= 11 is 1.62. The lowest BCUT2D eigenvalue weighted by atomic mass is 9.98. The molecule has 0 saturated carbocycles. The quantitative estimate of drug-likeness (QED) is 0.545. The third-order valence-corrected chi connectivity index (χ3v) is 7.53. The van der Waals surface area contributed by atoms with Gasteiger partial charge in [0.15, 0.2) is 5.13 Å². The SMILES string of the molecule is O=C(NCC1CCCN(c2nccs2)C1)c1ccc(NS(=O)(=O)c2ccccc2F)cc1. The highest BCUT2D eigenvalue weighted by Gasteiger charge is 2.22. The van der Waals surface area contributed by atoms with Crippen molar-refractivity contribution in [2.24, 2.45) is 5.92 Å². The molecule has 1 saturated heterocycles. The lowest BCUT2D eigenvalue weighted by Crippen LogP contribution is -2.41. The Morgan fingerprint density at radius 3 is 2.69 bits per heavy atom. The third-order valence-electron chi connectivity index (χ3n) is 5.29. The molecule has 3 aromatic rings. The van der Waals surface area contributed by atoms with E-state index < -0.39 is 20.7 Å². The summed E-state index contributed by atoms with van der Waals surface area (Å²) in [7, 11) is -4.06. The number of nitrogens with one attached hydrogen (secondary N) is 2. The molecule has 32 heavy (non-hydrogen) atoms. The first-order valence-electron chi connectivity index (χ1n) is 10.2. The topological polar surface area (TPSA) is 91.4 Å². The predicted octanol–water partition coefficient (Wildman–Crippen LogP) is 3.73. The smallest absolute Gasteiger partial charge is 0.264 e. The number of carbonyl (C=O) groups excluding carboxylic acids is 1. The fraction of sp³-hybridized carbons (Fsp3) is 0.273. The van der Waals surface area contributed by atoms with Crippen LogP contribution in [0, 0.1) is 11.7 Å². The standard InChI is InChI=1S/C22H23FN4O3S2/c23-19-5-1-2-6-20(19)32(29,30)26-18-9-7-17(8-10-18)21(28)25-14-16-4-3-12-27(15-16)22-24-11-13-31-22/h1-2,5-11,13,16,26H,3-4,12,14-15H2,(H,25,28). The van der Waals surface area contributed by atoms with Crippen LogP contribution in [0.2, 0.25) is 0 Å². The Morgan fingerprint density at radius 1 is 1.19 bits per heavy atom. The molecule has 1 unspecified atom stereocenters. The van der Waals surface area contributed by atoms with Crippen molar-refractivity contribution in [3.63, 3.8) is 0 Å². The molecule has 168 valence electrons. The number of aromatic nitrogens is 1. The summed E-state index contributed by atoms with van der Waals surface area (Å²) in [5.74, 6) is -0.713. The molecule has 2 N–H and O–H groups in total. The molecule has 1 atom stereocenters. The van der Waals surface area contributed by atoms with E-state index in [-0.39, 0.29) is 11.6 Å². The number of benzene rings is 2. The molecular weight excluding hydrogens is 451 g/mol. The zero-order chi connectivity index (χ0) is 22.6. The highest BCUT2D eigenvalue weighted by molar-refractivity contribution is 7.92. The number of nitrogens with zero attached hydrogens (tertiary/aromatic N) is 2. The van der Waals surface area contributed by atoms with Crippen LogP contribution in [-0.4, -0.2) is 38.9 Å². The van der Waals surface area contributed by atoms with Crippen LogP contribution in [0.25, 0.3) is 0 Å². The zero-order valence-corrected chi connectivity index (χ0v) is 18.8. The molecule has 1 aliphatic heterocycles. The molecule has 2 heterocycles. The maximum Gasteiger partial charge on any atom is 0.264 e. The Hall–Kier alpha value is -2.98. The van der Waals surface area contributed by atoms with Gasteiger partial charge in [0.05, 0.1) is 0 Å². The molecule has 1 fully saturated rings. The molecule has 1 aliphatic rings. The fourth-order valence-corrected chi connectivity index (χ4v) is 5.50. The van der Waals surface area contributed by atoms with Crippen molar-refractivity contribution in [2.75, 3.05) is 29.3 Å². The van der Waals surface area contributed by atoms with E-state index in [0.29, 0.717) is 18.0 Å². The summed E-state index contributed by atoms with van der Waals surface area (Å²) in [6.07, 6.45) is 3.89. The van der Waals surface area contributed by atoms with Gasteiger partial charge in [0.1, 0.15) is 10.7 Å². The minimum atomic E-state index is -4.06. The molecule has 1 aromatic heterocycles. The fourth-order valence-electron chi connectivity index (χ4n) is 3.68. The normalized spacial score (nSPS) is 16.5. The van der Waals surface area contributed by atoms with Gasteiger partial charge < -0.3 is 10.2 Å². The lowest BCUT2D eigenvalue weighted by Gasteiger charge is -2.32. The summed E-state index contributed by atoms with van der Waals surface area (Å²) in [5, 5.41) is 5.93. The van der Waals surface area contributed by atoms with E-state index in [1.807, 2.05) is 5.38 Å². The van der Waals surface area contributed by atoms with E-state index in [2.05, 4.69) is 19.9 Å². The van der Waals surface area contributed by atoms with Gasteiger partial charge in [-0.25, -0.2) is 17.8 Å². The Morgan fingerprint density at radius 2 is 1.97 bits per heavy atom. The molecule has 0 bridgehead atoms. The summed E-state index contributed by atoms with van der Waals surface area (Å²) in [6, 6.07) is 11.2. The van der Waals surface area contributed by atoms with E-state index >= 15 is 0 Å². The molecule has 1 amide bonds. The van der Waals surface area contributed by atoms with Crippen LogP contribution < -0.4 is 14.9 Å². The largest absolute Gasteiger partial charge is 0.352 e. The average molecular weight is 475 g/mol. The Labute approximate surface area is 190 Å². The number of amides is 1. The number of sulfonamides is 1. The second-order valence-corrected chi connectivity index (χ2v) is 10.1. The van der Waals surface area contributed by atoms with Gasteiger partial charge in [-0.3, -0.25) is 9.52 Å². The van der Waals surface area contributed by atoms with E-state index in [1.165, 1.54) is 42.5 Å². The van der Waals surface area contributed by atoms with Crippen LogP contribution in [0.5, 0.6) is 0 Å². The Bertz CT molecular complexity index is 1170. The van der Waals surface area contributed by atoms with Crippen LogP contribution in [0.15, 0.2) is 65.0 Å². The first-order valence-corrected chi connectivity index (χ1v) is 12.6. The molecule has 0 aliphatic carbocycles. The van der Waals surface area contributed by atoms with Gasteiger partial charge in [-0.1, -0.05) is 12.1 Å². The monoisotopic (exact) mass is 474 g/mol. The van der Waals surface area contributed by atoms with Crippen LogP contribution in [0.4, 0.5) is 15.2 Å². The zero-order valence-electron chi connectivity index (χ0n) is 17.2. The third kappa shape index (κ3) is 5.25. The van der Waals surface area contributed by atoms with Gasteiger partial charge in [-0.2, -0.15) is 0 Å². The van der Waals surface area contributed by atoms with Gasteiger partial charge in [-0.05, 0) is 55.2 Å². The number of carbonyl (C=O) groups is 1. The second kappa shape index (κ2) is 9.66. The lowest BCUT2D eigenvalue weighted by molar-refractivity contribution is 0.0945. The molecule has 2 aromatic carbocycles. The first-order chi connectivity index (χ1) is 15.4. The van der Waals surface area contributed by atoms with E-state index in [1.54, 1.807) is 17.5 Å². The van der Waals surface area contributed by atoms with Crippen molar-refractivity contribution in [1.82, 2.24) is 10.3 Å². The summed E-state index contributed by atoms with van der Waals surface area (Å²) in [4.78, 5) is 18.7. The predicted molar refractivity (Wildman–Crippen MR) is 123 cm³/mol. The molecule has 10 heteroatoms. The summed E-state index contributed by atoms with van der Waals surface area (Å²) in [6.45, 7) is 2.38. The Kier molecular flexibility index (Phi) is 6.71. The van der Waals surface area contributed by atoms with E-state index in [0.717, 1.165) is 37.1 Å². The number of thiazole rings is 1. The van der Waals surface area contributed by atoms with Crippen molar-refractivity contribution in [3.8, 4) is 0 Å². The summed E-state index contributed by atoms with van der Waals surface area (Å²) in [5.41, 5.74) is 0.669. The first kappa shape index (κ1) is 22.2. The van der Waals surface area contributed by atoms with Crippen LogP contribution in [0.3, 0.4) is 0 Å². The average Bonchev–Trinajstić information content (AvgIpc) is 3.33. The van der Waals surface area contributed by atoms with Crippen molar-refractivity contribution >= 4 is 38.1 Å². The van der Waals surface area contributed by atoms with Crippen LogP contribution in [-0.2, 0) is 10.0 Å². The molecule has 0 spiro atoms. The maximum absolute atomic E-state index is 13.8. The Balaban J connectivity index is 1.33. The van der Waals surface area contributed by atoms with Crippen LogP contribution >= 0.6 is 11.3 Å². The van der Waals surface area contributed by atoms with Gasteiger partial charge in [0.2, 0.25) is 0 Å². The van der Waals surface area contributed by atoms with Gasteiger partial charge in [-0.15, -0.1) is 11.3 Å². The number of piperidine rings is 1. The number of rotatable bonds is 7. The van der Waals surface area contributed by atoms with Crippen molar-refractivity contribution < 1.29 is 17.6 Å². The number of anilines is 2. The minimum absolute atomic E-state index is 0.222. The van der Waals surface area contributed by atoms with Crippen molar-refractivity contribution in [2.45, 2.75) is 17.7 Å². The van der Waals surface area contributed by atoms with Crippen LogP contribution in [0.1, 0.15) is 23.2 Å². The minimum Gasteiger partial charge on any atom is -0.352 e. The second-order valence-electron chi connectivity index (χ2n) is 7.59. The van der Waals surface area contributed by atoms with Gasteiger partial charge >= 0.3 is 0 Å². The highest BCUT2D eigenvalue weighted by atomic mass is 32.2.